The highest BCUT2D eigenvalue weighted by molar-refractivity contribution is 5.95. The Morgan fingerprint density at radius 2 is 2.14 bits per heavy atom. The predicted octanol–water partition coefficient (Wildman–Crippen LogP) is 2.45. The number of carbonyl (C=O) groups excluding carboxylic acids is 1. The highest BCUT2D eigenvalue weighted by Gasteiger charge is 2.28. The molecule has 1 aromatic carbocycles. The van der Waals surface area contributed by atoms with Gasteiger partial charge in [0.2, 0.25) is 0 Å². The van der Waals surface area contributed by atoms with Crippen molar-refractivity contribution in [2.45, 2.75) is 38.1 Å². The third-order valence-corrected chi connectivity index (χ3v) is 3.88. The fourth-order valence-electron chi connectivity index (χ4n) is 2.78. The van der Waals surface area contributed by atoms with Gasteiger partial charge in [-0.05, 0) is 31.7 Å². The molecule has 0 aliphatic carbocycles. The lowest BCUT2D eigenvalue weighted by molar-refractivity contribution is -0.384. The zero-order valence-electron chi connectivity index (χ0n) is 12.1. The van der Waals surface area contributed by atoms with Crippen molar-refractivity contribution in [3.8, 4) is 0 Å². The van der Waals surface area contributed by atoms with Crippen molar-refractivity contribution < 1.29 is 19.6 Å². The quantitative estimate of drug-likeness (QED) is 0.665. The molecule has 0 aromatic heterocycles. The van der Waals surface area contributed by atoms with E-state index in [0.717, 1.165) is 19.3 Å². The van der Waals surface area contributed by atoms with Crippen LogP contribution in [0.3, 0.4) is 0 Å². The van der Waals surface area contributed by atoms with E-state index in [0.29, 0.717) is 13.0 Å². The smallest absolute Gasteiger partial charge is 0.303 e. The first kappa shape index (κ1) is 15.9. The van der Waals surface area contributed by atoms with Crippen LogP contribution >= 0.6 is 0 Å². The van der Waals surface area contributed by atoms with E-state index in [9.17, 15) is 19.7 Å². The number of nitro groups is 1. The molecule has 1 saturated heterocycles. The maximum absolute atomic E-state index is 12.6. The molecule has 1 aliphatic heterocycles. The Kier molecular flexibility index (Phi) is 5.08. The van der Waals surface area contributed by atoms with E-state index in [-0.39, 0.29) is 29.6 Å². The van der Waals surface area contributed by atoms with Gasteiger partial charge in [0.05, 0.1) is 4.92 Å². The van der Waals surface area contributed by atoms with E-state index in [2.05, 4.69) is 0 Å². The molecule has 0 saturated carbocycles. The Labute approximate surface area is 127 Å². The maximum Gasteiger partial charge on any atom is 0.303 e. The van der Waals surface area contributed by atoms with Gasteiger partial charge >= 0.3 is 5.97 Å². The number of carboxylic acid groups (broad SMARTS) is 1. The Hall–Kier alpha value is -2.44. The van der Waals surface area contributed by atoms with Gasteiger partial charge in [0.1, 0.15) is 0 Å². The van der Waals surface area contributed by atoms with Gasteiger partial charge in [-0.15, -0.1) is 0 Å². The summed E-state index contributed by atoms with van der Waals surface area (Å²) >= 11 is 0. The maximum atomic E-state index is 12.6. The average Bonchev–Trinajstić information content (AvgIpc) is 2.52. The van der Waals surface area contributed by atoms with E-state index in [1.54, 1.807) is 11.0 Å². The Balaban J connectivity index is 2.16. The van der Waals surface area contributed by atoms with Gasteiger partial charge in [0.25, 0.3) is 11.6 Å². The molecule has 118 valence electrons. The fourth-order valence-corrected chi connectivity index (χ4v) is 2.78. The molecule has 1 aromatic rings. The van der Waals surface area contributed by atoms with Crippen LogP contribution in [0, 0.1) is 10.1 Å². The fraction of sp³-hybridized carbons (Fsp3) is 0.467. The highest BCUT2D eigenvalue weighted by Crippen LogP contribution is 2.24. The van der Waals surface area contributed by atoms with E-state index in [1.165, 1.54) is 18.2 Å². The molecule has 1 unspecified atom stereocenters. The Morgan fingerprint density at radius 1 is 1.36 bits per heavy atom. The minimum atomic E-state index is -0.881. The largest absolute Gasteiger partial charge is 0.481 e. The second-order valence-corrected chi connectivity index (χ2v) is 5.39. The number of amides is 1. The number of carbonyl (C=O) groups is 2. The average molecular weight is 306 g/mol. The molecule has 0 spiro atoms. The number of hydrogen-bond donors (Lipinski definition) is 1. The van der Waals surface area contributed by atoms with E-state index in [4.69, 9.17) is 5.11 Å². The molecule has 1 atom stereocenters. The molecule has 1 aliphatic rings. The van der Waals surface area contributed by atoms with Crippen molar-refractivity contribution in [1.29, 1.82) is 0 Å². The molecule has 1 amide bonds. The molecule has 7 heteroatoms. The number of hydrogen-bond acceptors (Lipinski definition) is 4. The molecular weight excluding hydrogens is 288 g/mol. The summed E-state index contributed by atoms with van der Waals surface area (Å²) in [5.41, 5.74) is 0.154. The van der Waals surface area contributed by atoms with Crippen molar-refractivity contribution in [3.05, 3.63) is 39.9 Å². The lowest BCUT2D eigenvalue weighted by Crippen LogP contribution is -2.44. The number of aliphatic carboxylic acids is 1. The monoisotopic (exact) mass is 306 g/mol. The first-order chi connectivity index (χ1) is 10.5. The van der Waals surface area contributed by atoms with Gasteiger partial charge in [0, 0.05) is 36.7 Å². The van der Waals surface area contributed by atoms with Crippen LogP contribution in [0.2, 0.25) is 0 Å². The van der Waals surface area contributed by atoms with Crippen LogP contribution in [0.1, 0.15) is 42.5 Å². The van der Waals surface area contributed by atoms with Gasteiger partial charge in [0.15, 0.2) is 0 Å². The van der Waals surface area contributed by atoms with Crippen molar-refractivity contribution >= 4 is 17.6 Å². The lowest BCUT2D eigenvalue weighted by Gasteiger charge is -2.35. The normalized spacial score (nSPS) is 18.0. The van der Waals surface area contributed by atoms with Crippen molar-refractivity contribution in [1.82, 2.24) is 4.90 Å². The first-order valence-electron chi connectivity index (χ1n) is 7.26. The number of likely N-dealkylation sites (tertiary alicyclic amines) is 1. The minimum absolute atomic E-state index is 0.0172. The van der Waals surface area contributed by atoms with Crippen molar-refractivity contribution in [3.63, 3.8) is 0 Å². The number of piperidine rings is 1. The minimum Gasteiger partial charge on any atom is -0.481 e. The summed E-state index contributed by atoms with van der Waals surface area (Å²) in [5, 5.41) is 19.6. The number of non-ortho nitro benzene ring substituents is 1. The Bertz CT molecular complexity index is 587. The van der Waals surface area contributed by atoms with Crippen LogP contribution in [-0.2, 0) is 4.79 Å². The standard InChI is InChI=1S/C15H18N2O5/c18-14(19)8-7-12-5-1-2-9-16(12)15(20)11-4-3-6-13(10-11)17(21)22/h3-4,6,10,12H,1-2,5,7-9H2,(H,18,19). The molecule has 1 fully saturated rings. The van der Waals surface area contributed by atoms with Crippen LogP contribution in [-0.4, -0.2) is 39.4 Å². The van der Waals surface area contributed by atoms with Gasteiger partial charge in [-0.3, -0.25) is 19.7 Å². The Morgan fingerprint density at radius 3 is 2.82 bits per heavy atom. The summed E-state index contributed by atoms with van der Waals surface area (Å²) < 4.78 is 0. The summed E-state index contributed by atoms with van der Waals surface area (Å²) in [6, 6.07) is 5.54. The number of nitro benzene ring substituents is 1. The molecule has 1 N–H and O–H groups in total. The second kappa shape index (κ2) is 7.02. The molecule has 22 heavy (non-hydrogen) atoms. The molecule has 2 rings (SSSR count). The van der Waals surface area contributed by atoms with Crippen LogP contribution in [0.15, 0.2) is 24.3 Å². The van der Waals surface area contributed by atoms with E-state index < -0.39 is 10.9 Å². The van der Waals surface area contributed by atoms with Gasteiger partial charge in [-0.25, -0.2) is 0 Å². The number of benzene rings is 1. The van der Waals surface area contributed by atoms with Crippen LogP contribution < -0.4 is 0 Å². The topological polar surface area (TPSA) is 101 Å². The second-order valence-electron chi connectivity index (χ2n) is 5.39. The summed E-state index contributed by atoms with van der Waals surface area (Å²) in [7, 11) is 0. The summed E-state index contributed by atoms with van der Waals surface area (Å²) in [6.45, 7) is 0.561. The van der Waals surface area contributed by atoms with Crippen molar-refractivity contribution in [2.24, 2.45) is 0 Å². The third-order valence-electron chi connectivity index (χ3n) is 3.88. The van der Waals surface area contributed by atoms with Crippen LogP contribution in [0.4, 0.5) is 5.69 Å². The lowest BCUT2D eigenvalue weighted by atomic mass is 9.97. The zero-order valence-corrected chi connectivity index (χ0v) is 12.1. The summed E-state index contributed by atoms with van der Waals surface area (Å²) in [5.74, 6) is -1.15. The summed E-state index contributed by atoms with van der Waals surface area (Å²) in [6.07, 6.45) is 3.03. The number of nitrogens with zero attached hydrogens (tertiary/aromatic N) is 2. The number of carboxylic acids is 1. The highest BCUT2D eigenvalue weighted by atomic mass is 16.6. The van der Waals surface area contributed by atoms with Gasteiger partial charge < -0.3 is 10.0 Å². The molecule has 1 heterocycles. The zero-order chi connectivity index (χ0) is 16.1. The predicted molar refractivity (Wildman–Crippen MR) is 78.6 cm³/mol. The van der Waals surface area contributed by atoms with Crippen molar-refractivity contribution in [2.75, 3.05) is 6.54 Å². The van der Waals surface area contributed by atoms with Gasteiger partial charge in [-0.2, -0.15) is 0 Å². The molecule has 0 bridgehead atoms. The van der Waals surface area contributed by atoms with Crippen LogP contribution in [0.25, 0.3) is 0 Å². The molecule has 7 nitrogen and oxygen atoms in total. The van der Waals surface area contributed by atoms with E-state index in [1.807, 2.05) is 0 Å². The van der Waals surface area contributed by atoms with Gasteiger partial charge in [-0.1, -0.05) is 6.07 Å². The van der Waals surface area contributed by atoms with E-state index >= 15 is 0 Å². The molecular formula is C15H18N2O5. The number of rotatable bonds is 5. The first-order valence-corrected chi connectivity index (χ1v) is 7.26. The summed E-state index contributed by atoms with van der Waals surface area (Å²) in [4.78, 5) is 35.2. The molecule has 0 radical (unpaired) electrons. The third kappa shape index (κ3) is 3.81. The SMILES string of the molecule is O=C(O)CCC1CCCCN1C(=O)c1cccc([N+](=O)[O-])c1. The van der Waals surface area contributed by atoms with Crippen LogP contribution in [0.5, 0.6) is 0 Å².